The average molecular weight is 525 g/mol. The van der Waals surface area contributed by atoms with Crippen LogP contribution >= 0.6 is 0 Å². The summed E-state index contributed by atoms with van der Waals surface area (Å²) >= 11 is 0. The number of methoxy groups -OCH3 is 1. The summed E-state index contributed by atoms with van der Waals surface area (Å²) in [6.45, 7) is 1.70. The lowest BCUT2D eigenvalue weighted by molar-refractivity contribution is 0.0264. The quantitative estimate of drug-likeness (QED) is 0.271. The van der Waals surface area contributed by atoms with Crippen LogP contribution in [0.1, 0.15) is 37.4 Å². The molecule has 1 saturated heterocycles. The fourth-order valence-corrected chi connectivity index (χ4v) is 4.84. The molecular weight excluding hydrogens is 495 g/mol. The van der Waals surface area contributed by atoms with Crippen molar-refractivity contribution in [3.63, 3.8) is 0 Å². The number of aliphatic hydroxyl groups is 1. The molecule has 1 N–H and O–H groups in total. The van der Waals surface area contributed by atoms with Gasteiger partial charge in [0.25, 0.3) is 0 Å². The molecule has 1 aromatic heterocycles. The number of nitrogens with zero attached hydrogens (tertiary/aromatic N) is 2. The van der Waals surface area contributed by atoms with Gasteiger partial charge >= 0.3 is 0 Å². The zero-order valence-corrected chi connectivity index (χ0v) is 20.5. The third-order valence-corrected chi connectivity index (χ3v) is 7.20. The molecule has 1 fully saturated rings. The first kappa shape index (κ1) is 27.1. The van der Waals surface area contributed by atoms with Gasteiger partial charge in [0.15, 0.2) is 17.5 Å². The van der Waals surface area contributed by atoms with Crippen molar-refractivity contribution in [1.29, 1.82) is 0 Å². The zero-order chi connectivity index (χ0) is 26.6. The fourth-order valence-electron chi connectivity index (χ4n) is 4.84. The Morgan fingerprint density at radius 2 is 1.73 bits per heavy atom. The molecule has 0 amide bonds. The van der Waals surface area contributed by atoms with Crippen molar-refractivity contribution in [3.05, 3.63) is 65.4 Å². The minimum atomic E-state index is -1.58. The second-order valence-electron chi connectivity index (χ2n) is 9.46. The lowest BCUT2D eigenvalue weighted by atomic mass is 9.74. The monoisotopic (exact) mass is 524 g/mol. The molecule has 200 valence electrons. The van der Waals surface area contributed by atoms with E-state index in [1.165, 1.54) is 7.11 Å². The molecule has 1 aliphatic heterocycles. The molecule has 0 saturated carbocycles. The predicted octanol–water partition coefficient (Wildman–Crippen LogP) is 5.74. The summed E-state index contributed by atoms with van der Waals surface area (Å²) in [6.07, 6.45) is 1.05. The first-order valence-electron chi connectivity index (χ1n) is 12.1. The number of benzene rings is 2. The van der Waals surface area contributed by atoms with Gasteiger partial charge in [0.05, 0.1) is 18.8 Å². The van der Waals surface area contributed by atoms with Crippen molar-refractivity contribution in [2.45, 2.75) is 31.9 Å². The standard InChI is InChI=1S/C27H29F5N2O3/c1-36-17-2-3-24-19(12-17)25(23(31)15-33-24)20(28)4-5-27(16-35)6-8-34(9-7-27)10-11-37-18-13-21(29)26(32)22(30)14-18/h2-3,12-15,20,35H,4-11,16H2,1H3. The van der Waals surface area contributed by atoms with E-state index >= 15 is 4.39 Å². The Hall–Kier alpha value is -2.98. The van der Waals surface area contributed by atoms with Crippen molar-refractivity contribution in [2.75, 3.05) is 40.0 Å². The van der Waals surface area contributed by atoms with E-state index in [1.54, 1.807) is 18.2 Å². The second kappa shape index (κ2) is 11.6. The van der Waals surface area contributed by atoms with Gasteiger partial charge in [0, 0.05) is 36.2 Å². The SMILES string of the molecule is COc1ccc2ncc(F)c(C(F)CCC3(CO)CCN(CCOc4cc(F)c(F)c(F)c4)CC3)c2c1. The van der Waals surface area contributed by atoms with Crippen LogP contribution in [0.5, 0.6) is 11.5 Å². The molecular formula is C27H29F5N2O3. The van der Waals surface area contributed by atoms with Crippen LogP contribution in [-0.4, -0.2) is 54.9 Å². The van der Waals surface area contributed by atoms with Crippen molar-refractivity contribution in [1.82, 2.24) is 9.88 Å². The molecule has 10 heteroatoms. The minimum Gasteiger partial charge on any atom is -0.497 e. The highest BCUT2D eigenvalue weighted by Crippen LogP contribution is 2.40. The summed E-state index contributed by atoms with van der Waals surface area (Å²) in [7, 11) is 1.48. The summed E-state index contributed by atoms with van der Waals surface area (Å²) in [6, 6.07) is 6.50. The fraction of sp³-hybridized carbons (Fsp3) is 0.444. The summed E-state index contributed by atoms with van der Waals surface area (Å²) < 4.78 is 80.3. The lowest BCUT2D eigenvalue weighted by Gasteiger charge is -2.41. The van der Waals surface area contributed by atoms with Crippen molar-refractivity contribution in [2.24, 2.45) is 5.41 Å². The van der Waals surface area contributed by atoms with Crippen LogP contribution in [0.2, 0.25) is 0 Å². The van der Waals surface area contributed by atoms with Crippen LogP contribution < -0.4 is 9.47 Å². The number of aromatic nitrogens is 1. The highest BCUT2D eigenvalue weighted by molar-refractivity contribution is 5.84. The van der Waals surface area contributed by atoms with Crippen LogP contribution in [-0.2, 0) is 0 Å². The molecule has 5 nitrogen and oxygen atoms in total. The Bertz CT molecular complexity index is 1210. The van der Waals surface area contributed by atoms with Gasteiger partial charge in [-0.25, -0.2) is 22.0 Å². The number of likely N-dealkylation sites (tertiary alicyclic amines) is 1. The Kier molecular flexibility index (Phi) is 8.49. The molecule has 0 spiro atoms. The first-order valence-corrected chi connectivity index (χ1v) is 12.1. The molecule has 3 aromatic rings. The Morgan fingerprint density at radius 1 is 1.03 bits per heavy atom. The van der Waals surface area contributed by atoms with Crippen LogP contribution in [0.4, 0.5) is 22.0 Å². The van der Waals surface area contributed by atoms with Gasteiger partial charge in [-0.1, -0.05) is 0 Å². The number of aliphatic hydroxyl groups excluding tert-OH is 1. The summed E-state index contributed by atoms with van der Waals surface area (Å²) in [4.78, 5) is 6.11. The molecule has 37 heavy (non-hydrogen) atoms. The number of halogens is 5. The largest absolute Gasteiger partial charge is 0.497 e. The van der Waals surface area contributed by atoms with E-state index in [1.807, 2.05) is 0 Å². The molecule has 1 atom stereocenters. The van der Waals surface area contributed by atoms with Crippen LogP contribution in [0.25, 0.3) is 10.9 Å². The minimum absolute atomic E-state index is 0.0403. The van der Waals surface area contributed by atoms with Gasteiger partial charge in [-0.3, -0.25) is 9.88 Å². The predicted molar refractivity (Wildman–Crippen MR) is 128 cm³/mol. The summed E-state index contributed by atoms with van der Waals surface area (Å²) in [5, 5.41) is 10.5. The second-order valence-corrected chi connectivity index (χ2v) is 9.46. The third kappa shape index (κ3) is 6.13. The van der Waals surface area contributed by atoms with E-state index in [2.05, 4.69) is 9.88 Å². The van der Waals surface area contributed by atoms with E-state index < -0.39 is 34.9 Å². The number of ether oxygens (including phenoxy) is 2. The average Bonchev–Trinajstić information content (AvgIpc) is 2.90. The van der Waals surface area contributed by atoms with E-state index in [0.29, 0.717) is 55.5 Å². The van der Waals surface area contributed by atoms with Gasteiger partial charge in [-0.2, -0.15) is 0 Å². The number of hydrogen-bond donors (Lipinski definition) is 1. The van der Waals surface area contributed by atoms with Gasteiger partial charge < -0.3 is 14.6 Å². The van der Waals surface area contributed by atoms with E-state index in [0.717, 1.165) is 18.3 Å². The van der Waals surface area contributed by atoms with E-state index in [9.17, 15) is 22.7 Å². The molecule has 4 rings (SSSR count). The normalized spacial score (nSPS) is 16.6. The summed E-state index contributed by atoms with van der Waals surface area (Å²) in [5.41, 5.74) is -0.0827. The number of alkyl halides is 1. The molecule has 1 unspecified atom stereocenters. The highest BCUT2D eigenvalue weighted by Gasteiger charge is 2.35. The highest BCUT2D eigenvalue weighted by atomic mass is 19.2. The number of pyridine rings is 1. The number of fused-ring (bicyclic) bond motifs is 1. The number of rotatable bonds is 10. The maximum Gasteiger partial charge on any atom is 0.194 e. The lowest BCUT2D eigenvalue weighted by Crippen LogP contribution is -2.43. The van der Waals surface area contributed by atoms with E-state index in [-0.39, 0.29) is 30.9 Å². The zero-order valence-electron chi connectivity index (χ0n) is 20.5. The molecule has 0 bridgehead atoms. The maximum atomic E-state index is 15.4. The molecule has 0 radical (unpaired) electrons. The van der Waals surface area contributed by atoms with Crippen molar-refractivity contribution < 1.29 is 36.5 Å². The Morgan fingerprint density at radius 3 is 2.38 bits per heavy atom. The van der Waals surface area contributed by atoms with Gasteiger partial charge in [-0.15, -0.1) is 0 Å². The Balaban J connectivity index is 1.32. The smallest absolute Gasteiger partial charge is 0.194 e. The van der Waals surface area contributed by atoms with Gasteiger partial charge in [0.2, 0.25) is 0 Å². The van der Waals surface area contributed by atoms with Gasteiger partial charge in [-0.05, 0) is 62.4 Å². The topological polar surface area (TPSA) is 54.8 Å². The van der Waals surface area contributed by atoms with Gasteiger partial charge in [0.1, 0.15) is 30.1 Å². The van der Waals surface area contributed by atoms with E-state index in [4.69, 9.17) is 9.47 Å². The molecule has 2 heterocycles. The van der Waals surface area contributed by atoms with Crippen molar-refractivity contribution >= 4 is 10.9 Å². The molecule has 0 aliphatic carbocycles. The van der Waals surface area contributed by atoms with Crippen LogP contribution in [0.15, 0.2) is 36.5 Å². The summed E-state index contributed by atoms with van der Waals surface area (Å²) in [5.74, 6) is -4.51. The maximum absolute atomic E-state index is 15.4. The molecule has 2 aromatic carbocycles. The van der Waals surface area contributed by atoms with Crippen LogP contribution in [0, 0.1) is 28.7 Å². The third-order valence-electron chi connectivity index (χ3n) is 7.20. The van der Waals surface area contributed by atoms with Crippen molar-refractivity contribution in [3.8, 4) is 11.5 Å². The first-order chi connectivity index (χ1) is 17.7. The number of hydrogen-bond acceptors (Lipinski definition) is 5. The number of piperidine rings is 1. The van der Waals surface area contributed by atoms with Crippen LogP contribution in [0.3, 0.4) is 0 Å². The molecule has 1 aliphatic rings. The Labute approximate surface area is 211 Å².